The van der Waals surface area contributed by atoms with E-state index in [1.807, 2.05) is 7.05 Å². The molecule has 1 aliphatic rings. The Morgan fingerprint density at radius 2 is 2.42 bits per heavy atom. The normalized spacial score (nSPS) is 18.3. The highest BCUT2D eigenvalue weighted by Crippen LogP contribution is 2.21. The maximum Gasteiger partial charge on any atom is 0.315 e. The second kappa shape index (κ2) is 7.44. The summed E-state index contributed by atoms with van der Waals surface area (Å²) in [5.41, 5.74) is 0.642. The van der Waals surface area contributed by atoms with Crippen LogP contribution in [0, 0.1) is 11.7 Å². The summed E-state index contributed by atoms with van der Waals surface area (Å²) in [5.74, 6) is 0.633. The second-order valence-corrected chi connectivity index (χ2v) is 5.97. The van der Waals surface area contributed by atoms with Crippen LogP contribution < -0.4 is 10.6 Å². The van der Waals surface area contributed by atoms with Crippen LogP contribution in [-0.2, 0) is 11.8 Å². The molecule has 0 bridgehead atoms. The van der Waals surface area contributed by atoms with E-state index in [1.165, 1.54) is 12.1 Å². The van der Waals surface area contributed by atoms with Gasteiger partial charge in [-0.05, 0) is 24.1 Å². The summed E-state index contributed by atoms with van der Waals surface area (Å²) in [6.07, 6.45) is 4.39. The summed E-state index contributed by atoms with van der Waals surface area (Å²) < 4.78 is 20.7. The second-order valence-electron chi connectivity index (χ2n) is 5.97. The van der Waals surface area contributed by atoms with Crippen molar-refractivity contribution in [2.45, 2.75) is 12.5 Å². The first kappa shape index (κ1) is 16.4. The van der Waals surface area contributed by atoms with Gasteiger partial charge in [-0.2, -0.15) is 0 Å². The number of rotatable bonds is 5. The Kier molecular flexibility index (Phi) is 5.10. The minimum Gasteiger partial charge on any atom is -0.381 e. The van der Waals surface area contributed by atoms with Gasteiger partial charge in [0.1, 0.15) is 17.7 Å². The Morgan fingerprint density at radius 1 is 1.54 bits per heavy atom. The quantitative estimate of drug-likeness (QED) is 0.880. The Bertz CT molecular complexity index is 697. The van der Waals surface area contributed by atoms with Crippen LogP contribution in [0.5, 0.6) is 0 Å². The fraction of sp³-hybridized carbons (Fsp3) is 0.412. The molecule has 0 aliphatic carbocycles. The number of benzene rings is 1. The molecule has 128 valence electrons. The topological polar surface area (TPSA) is 68.2 Å². The molecule has 2 amide bonds. The monoisotopic (exact) mass is 332 g/mol. The van der Waals surface area contributed by atoms with E-state index in [2.05, 4.69) is 15.6 Å². The smallest absolute Gasteiger partial charge is 0.315 e. The third-order valence-electron chi connectivity index (χ3n) is 4.15. The molecule has 7 heteroatoms. The van der Waals surface area contributed by atoms with Crippen molar-refractivity contribution in [2.75, 3.05) is 19.8 Å². The van der Waals surface area contributed by atoms with E-state index in [0.717, 1.165) is 13.0 Å². The molecule has 2 aromatic rings. The summed E-state index contributed by atoms with van der Waals surface area (Å²) in [6.45, 7) is 1.97. The molecular formula is C17H21FN4O2. The lowest BCUT2D eigenvalue weighted by Gasteiger charge is -2.20. The SMILES string of the molecule is Cn1ccnc1C(NC(=O)NCC1CCOC1)c1cccc(F)c1. The van der Waals surface area contributed by atoms with Crippen molar-refractivity contribution in [1.29, 1.82) is 0 Å². The van der Waals surface area contributed by atoms with Crippen molar-refractivity contribution < 1.29 is 13.9 Å². The molecule has 2 unspecified atom stereocenters. The summed E-state index contributed by atoms with van der Waals surface area (Å²) >= 11 is 0. The average molecular weight is 332 g/mol. The van der Waals surface area contributed by atoms with Crippen molar-refractivity contribution in [3.05, 3.63) is 53.9 Å². The van der Waals surface area contributed by atoms with Crippen LogP contribution >= 0.6 is 0 Å². The number of urea groups is 1. The molecule has 1 fully saturated rings. The van der Waals surface area contributed by atoms with E-state index < -0.39 is 6.04 Å². The van der Waals surface area contributed by atoms with E-state index in [9.17, 15) is 9.18 Å². The van der Waals surface area contributed by atoms with E-state index in [-0.39, 0.29) is 11.8 Å². The molecule has 1 aromatic heterocycles. The van der Waals surface area contributed by atoms with Gasteiger partial charge in [0.15, 0.2) is 0 Å². The van der Waals surface area contributed by atoms with Crippen LogP contribution in [0.1, 0.15) is 23.9 Å². The standard InChI is InChI=1S/C17H21FN4O2/c1-22-7-6-19-16(22)15(13-3-2-4-14(18)9-13)21-17(23)20-10-12-5-8-24-11-12/h2-4,6-7,9,12,15H,5,8,10-11H2,1H3,(H2,20,21,23). The Labute approximate surface area is 140 Å². The van der Waals surface area contributed by atoms with E-state index in [0.29, 0.717) is 30.5 Å². The Hall–Kier alpha value is -2.41. The van der Waals surface area contributed by atoms with E-state index >= 15 is 0 Å². The first-order valence-corrected chi connectivity index (χ1v) is 7.98. The minimum atomic E-state index is -0.527. The average Bonchev–Trinajstić information content (AvgIpc) is 3.22. The summed E-state index contributed by atoms with van der Waals surface area (Å²) in [6, 6.07) is 5.34. The number of aromatic nitrogens is 2. The first-order chi connectivity index (χ1) is 11.6. The zero-order valence-corrected chi connectivity index (χ0v) is 13.5. The Balaban J connectivity index is 1.72. The molecule has 1 aliphatic heterocycles. The van der Waals surface area contributed by atoms with E-state index in [4.69, 9.17) is 4.74 Å². The molecule has 0 radical (unpaired) electrons. The van der Waals surface area contributed by atoms with Crippen LogP contribution in [0.3, 0.4) is 0 Å². The minimum absolute atomic E-state index is 0.306. The molecule has 3 rings (SSSR count). The number of nitrogens with one attached hydrogen (secondary N) is 2. The molecule has 24 heavy (non-hydrogen) atoms. The van der Waals surface area contributed by atoms with Gasteiger partial charge >= 0.3 is 6.03 Å². The third-order valence-corrected chi connectivity index (χ3v) is 4.15. The zero-order chi connectivity index (χ0) is 16.9. The van der Waals surface area contributed by atoms with Gasteiger partial charge in [-0.15, -0.1) is 0 Å². The largest absolute Gasteiger partial charge is 0.381 e. The van der Waals surface area contributed by atoms with Crippen LogP contribution in [0.2, 0.25) is 0 Å². The lowest BCUT2D eigenvalue weighted by Crippen LogP contribution is -2.41. The maximum absolute atomic E-state index is 13.6. The highest BCUT2D eigenvalue weighted by molar-refractivity contribution is 5.74. The van der Waals surface area contributed by atoms with Crippen molar-refractivity contribution in [2.24, 2.45) is 13.0 Å². The molecule has 0 spiro atoms. The highest BCUT2D eigenvalue weighted by Gasteiger charge is 2.22. The fourth-order valence-electron chi connectivity index (χ4n) is 2.80. The van der Waals surface area contributed by atoms with Gasteiger partial charge in [0.05, 0.1) is 6.61 Å². The van der Waals surface area contributed by atoms with Crippen LogP contribution in [-0.4, -0.2) is 35.3 Å². The number of hydrogen-bond acceptors (Lipinski definition) is 3. The van der Waals surface area contributed by atoms with Gasteiger partial charge in [0.25, 0.3) is 0 Å². The number of hydrogen-bond donors (Lipinski definition) is 2. The summed E-state index contributed by atoms with van der Waals surface area (Å²) in [5, 5.41) is 5.75. The molecule has 2 heterocycles. The van der Waals surface area contributed by atoms with Gasteiger partial charge in [0, 0.05) is 38.5 Å². The lowest BCUT2D eigenvalue weighted by atomic mass is 10.1. The van der Waals surface area contributed by atoms with Gasteiger partial charge in [-0.3, -0.25) is 0 Å². The number of aryl methyl sites for hydroxylation is 1. The predicted octanol–water partition coefficient (Wildman–Crippen LogP) is 1.98. The molecule has 1 saturated heterocycles. The first-order valence-electron chi connectivity index (χ1n) is 7.98. The number of amides is 2. The molecule has 0 saturated carbocycles. The molecular weight excluding hydrogens is 311 g/mol. The Morgan fingerprint density at radius 3 is 3.08 bits per heavy atom. The number of ether oxygens (including phenoxy) is 1. The van der Waals surface area contributed by atoms with Gasteiger partial charge in [-0.25, -0.2) is 14.2 Å². The van der Waals surface area contributed by atoms with E-state index in [1.54, 1.807) is 29.1 Å². The summed E-state index contributed by atoms with van der Waals surface area (Å²) in [7, 11) is 1.84. The molecule has 6 nitrogen and oxygen atoms in total. The fourth-order valence-corrected chi connectivity index (χ4v) is 2.80. The summed E-state index contributed by atoms with van der Waals surface area (Å²) in [4.78, 5) is 16.6. The van der Waals surface area contributed by atoms with Gasteiger partial charge in [0.2, 0.25) is 0 Å². The van der Waals surface area contributed by atoms with Crippen LogP contribution in [0.4, 0.5) is 9.18 Å². The molecule has 2 N–H and O–H groups in total. The number of carbonyl (C=O) groups is 1. The van der Waals surface area contributed by atoms with Crippen molar-refractivity contribution in [3.63, 3.8) is 0 Å². The van der Waals surface area contributed by atoms with Crippen LogP contribution in [0.25, 0.3) is 0 Å². The zero-order valence-electron chi connectivity index (χ0n) is 13.5. The van der Waals surface area contributed by atoms with Crippen molar-refractivity contribution >= 4 is 6.03 Å². The lowest BCUT2D eigenvalue weighted by molar-refractivity contribution is 0.185. The predicted molar refractivity (Wildman–Crippen MR) is 86.9 cm³/mol. The molecule has 2 atom stereocenters. The van der Waals surface area contributed by atoms with Gasteiger partial charge < -0.3 is 19.9 Å². The third kappa shape index (κ3) is 3.91. The van der Waals surface area contributed by atoms with Crippen molar-refractivity contribution in [3.8, 4) is 0 Å². The number of nitrogens with zero attached hydrogens (tertiary/aromatic N) is 2. The molecule has 1 aromatic carbocycles. The number of carbonyl (C=O) groups excluding carboxylic acids is 1. The van der Waals surface area contributed by atoms with Gasteiger partial charge in [-0.1, -0.05) is 12.1 Å². The van der Waals surface area contributed by atoms with Crippen LogP contribution in [0.15, 0.2) is 36.7 Å². The number of halogens is 1. The van der Waals surface area contributed by atoms with Crippen molar-refractivity contribution in [1.82, 2.24) is 20.2 Å². The highest BCUT2D eigenvalue weighted by atomic mass is 19.1. The number of imidazole rings is 1. The maximum atomic E-state index is 13.6.